The van der Waals surface area contributed by atoms with Gasteiger partial charge in [0, 0.05) is 11.8 Å². The lowest BCUT2D eigenvalue weighted by Gasteiger charge is -2.02. The van der Waals surface area contributed by atoms with E-state index in [-0.39, 0.29) is 5.88 Å². The van der Waals surface area contributed by atoms with Crippen molar-refractivity contribution in [1.82, 2.24) is 14.8 Å². The first-order valence-electron chi connectivity index (χ1n) is 4.92. The molecule has 0 atom stereocenters. The molecule has 0 saturated carbocycles. The third kappa shape index (κ3) is 1.83. The third-order valence-electron chi connectivity index (χ3n) is 2.19. The van der Waals surface area contributed by atoms with Gasteiger partial charge in [0.05, 0.1) is 5.69 Å². The number of hydrogen-bond acceptors (Lipinski definition) is 3. The molecular weight excluding hydrogens is 190 g/mol. The molecule has 0 unspecified atom stereocenters. The molecule has 2 aromatic heterocycles. The van der Waals surface area contributed by atoms with E-state index in [1.54, 1.807) is 6.07 Å². The third-order valence-corrected chi connectivity index (χ3v) is 2.19. The fourth-order valence-electron chi connectivity index (χ4n) is 1.41. The molecule has 0 fully saturated rings. The van der Waals surface area contributed by atoms with Gasteiger partial charge in [0.25, 0.3) is 0 Å². The van der Waals surface area contributed by atoms with E-state index < -0.39 is 0 Å². The van der Waals surface area contributed by atoms with Gasteiger partial charge in [-0.25, -0.2) is 4.98 Å². The average molecular weight is 203 g/mol. The van der Waals surface area contributed by atoms with E-state index in [4.69, 9.17) is 0 Å². The van der Waals surface area contributed by atoms with Gasteiger partial charge in [-0.1, -0.05) is 13.0 Å². The largest absolute Gasteiger partial charge is 0.493 e. The maximum Gasteiger partial charge on any atom is 0.215 e. The van der Waals surface area contributed by atoms with Gasteiger partial charge in [-0.15, -0.1) is 0 Å². The maximum absolute atomic E-state index is 9.67. The lowest BCUT2D eigenvalue weighted by molar-refractivity contribution is 0.432. The van der Waals surface area contributed by atoms with Crippen LogP contribution in [0.25, 0.3) is 5.82 Å². The van der Waals surface area contributed by atoms with Crippen LogP contribution >= 0.6 is 0 Å². The number of aryl methyl sites for hydroxylation is 2. The molecule has 0 aliphatic rings. The molecule has 4 nitrogen and oxygen atoms in total. The molecule has 0 spiro atoms. The van der Waals surface area contributed by atoms with Crippen molar-refractivity contribution < 1.29 is 5.11 Å². The van der Waals surface area contributed by atoms with Gasteiger partial charge in [0.1, 0.15) is 0 Å². The predicted molar refractivity (Wildman–Crippen MR) is 57.1 cm³/mol. The second-order valence-corrected chi connectivity index (χ2v) is 3.40. The van der Waals surface area contributed by atoms with Crippen molar-refractivity contribution in [2.45, 2.75) is 20.3 Å². The van der Waals surface area contributed by atoms with Gasteiger partial charge in [0.15, 0.2) is 5.82 Å². The molecule has 0 saturated heterocycles. The Hall–Kier alpha value is -1.84. The fraction of sp³-hybridized carbons (Fsp3) is 0.273. The Morgan fingerprint density at radius 2 is 2.20 bits per heavy atom. The quantitative estimate of drug-likeness (QED) is 0.810. The van der Waals surface area contributed by atoms with Crippen molar-refractivity contribution in [3.05, 3.63) is 35.7 Å². The first-order chi connectivity index (χ1) is 7.20. The van der Waals surface area contributed by atoms with Crippen LogP contribution in [-0.4, -0.2) is 19.9 Å². The summed E-state index contributed by atoms with van der Waals surface area (Å²) in [4.78, 5) is 4.29. The van der Waals surface area contributed by atoms with Gasteiger partial charge < -0.3 is 5.11 Å². The summed E-state index contributed by atoms with van der Waals surface area (Å²) in [5.74, 6) is 0.775. The van der Waals surface area contributed by atoms with Crippen LogP contribution in [0.3, 0.4) is 0 Å². The van der Waals surface area contributed by atoms with Crippen LogP contribution < -0.4 is 0 Å². The molecule has 0 aliphatic heterocycles. The summed E-state index contributed by atoms with van der Waals surface area (Å²) in [5, 5.41) is 13.9. The topological polar surface area (TPSA) is 50.9 Å². The average Bonchev–Trinajstić information content (AvgIpc) is 2.60. The molecule has 1 N–H and O–H groups in total. The Morgan fingerprint density at radius 1 is 1.40 bits per heavy atom. The minimum Gasteiger partial charge on any atom is -0.493 e. The lowest BCUT2D eigenvalue weighted by atomic mass is 10.3. The molecule has 78 valence electrons. The standard InChI is InChI=1S/C11H13N3O/c1-3-9-7-11(15)14(13-9)10-6-4-5-8(2)12-10/h4-7,15H,3H2,1-2H3. The Balaban J connectivity index is 2.48. The van der Waals surface area contributed by atoms with Gasteiger partial charge in [-0.05, 0) is 25.5 Å². The van der Waals surface area contributed by atoms with Gasteiger partial charge in [-0.3, -0.25) is 0 Å². The van der Waals surface area contributed by atoms with E-state index in [0.29, 0.717) is 5.82 Å². The maximum atomic E-state index is 9.67. The van der Waals surface area contributed by atoms with Crippen molar-refractivity contribution in [3.8, 4) is 11.7 Å². The molecule has 2 aromatic rings. The zero-order chi connectivity index (χ0) is 10.8. The summed E-state index contributed by atoms with van der Waals surface area (Å²) in [6.45, 7) is 3.90. The van der Waals surface area contributed by atoms with Crippen molar-refractivity contribution in [2.24, 2.45) is 0 Å². The molecule has 0 bridgehead atoms. The fourth-order valence-corrected chi connectivity index (χ4v) is 1.41. The highest BCUT2D eigenvalue weighted by Crippen LogP contribution is 2.16. The number of aromatic nitrogens is 3. The first-order valence-corrected chi connectivity index (χ1v) is 4.92. The van der Waals surface area contributed by atoms with E-state index in [1.165, 1.54) is 4.68 Å². The summed E-state index contributed by atoms with van der Waals surface area (Å²) < 4.78 is 1.45. The Kier molecular flexibility index (Phi) is 2.41. The number of aromatic hydroxyl groups is 1. The smallest absolute Gasteiger partial charge is 0.215 e. The molecule has 0 aromatic carbocycles. The number of rotatable bonds is 2. The van der Waals surface area contributed by atoms with Gasteiger partial charge in [-0.2, -0.15) is 9.78 Å². The summed E-state index contributed by atoms with van der Waals surface area (Å²) in [7, 11) is 0. The van der Waals surface area contributed by atoms with Gasteiger partial charge in [0.2, 0.25) is 5.88 Å². The normalized spacial score (nSPS) is 10.5. The second kappa shape index (κ2) is 3.73. The highest BCUT2D eigenvalue weighted by atomic mass is 16.3. The first kappa shape index (κ1) is 9.71. The SMILES string of the molecule is CCc1cc(O)n(-c2cccc(C)n2)n1. The zero-order valence-corrected chi connectivity index (χ0v) is 8.81. The monoisotopic (exact) mass is 203 g/mol. The van der Waals surface area contributed by atoms with E-state index in [9.17, 15) is 5.11 Å². The minimum atomic E-state index is 0.130. The second-order valence-electron chi connectivity index (χ2n) is 3.40. The van der Waals surface area contributed by atoms with Crippen LogP contribution in [0, 0.1) is 6.92 Å². The van der Waals surface area contributed by atoms with Crippen LogP contribution in [0.4, 0.5) is 0 Å². The van der Waals surface area contributed by atoms with E-state index >= 15 is 0 Å². The Morgan fingerprint density at radius 3 is 2.80 bits per heavy atom. The highest BCUT2D eigenvalue weighted by Gasteiger charge is 2.07. The molecule has 2 rings (SSSR count). The zero-order valence-electron chi connectivity index (χ0n) is 8.81. The molecule has 15 heavy (non-hydrogen) atoms. The van der Waals surface area contributed by atoms with Crippen molar-refractivity contribution in [1.29, 1.82) is 0 Å². The summed E-state index contributed by atoms with van der Waals surface area (Å²) in [6, 6.07) is 7.28. The Bertz CT molecular complexity index is 476. The van der Waals surface area contributed by atoms with Crippen molar-refractivity contribution >= 4 is 0 Å². The molecule has 4 heteroatoms. The van der Waals surface area contributed by atoms with Crippen LogP contribution in [0.1, 0.15) is 18.3 Å². The molecular formula is C11H13N3O. The van der Waals surface area contributed by atoms with Crippen molar-refractivity contribution in [3.63, 3.8) is 0 Å². The molecule has 2 heterocycles. The van der Waals surface area contributed by atoms with Crippen LogP contribution in [0.2, 0.25) is 0 Å². The number of nitrogens with zero attached hydrogens (tertiary/aromatic N) is 3. The Labute approximate surface area is 88.2 Å². The minimum absolute atomic E-state index is 0.130. The molecule has 0 radical (unpaired) electrons. The summed E-state index contributed by atoms with van der Waals surface area (Å²) in [6.07, 6.45) is 0.798. The summed E-state index contributed by atoms with van der Waals surface area (Å²) in [5.41, 5.74) is 1.76. The van der Waals surface area contributed by atoms with Crippen LogP contribution in [-0.2, 0) is 6.42 Å². The number of pyridine rings is 1. The number of hydrogen-bond donors (Lipinski definition) is 1. The van der Waals surface area contributed by atoms with E-state index in [1.807, 2.05) is 32.0 Å². The van der Waals surface area contributed by atoms with E-state index in [0.717, 1.165) is 17.8 Å². The predicted octanol–water partition coefficient (Wildman–Crippen LogP) is 1.84. The lowest BCUT2D eigenvalue weighted by Crippen LogP contribution is -2.00. The van der Waals surface area contributed by atoms with Gasteiger partial charge >= 0.3 is 0 Å². The van der Waals surface area contributed by atoms with Crippen LogP contribution in [0.15, 0.2) is 24.3 Å². The highest BCUT2D eigenvalue weighted by molar-refractivity contribution is 5.29. The van der Waals surface area contributed by atoms with Crippen LogP contribution in [0.5, 0.6) is 5.88 Å². The summed E-state index contributed by atoms with van der Waals surface area (Å²) >= 11 is 0. The van der Waals surface area contributed by atoms with E-state index in [2.05, 4.69) is 10.1 Å². The molecule has 0 amide bonds. The van der Waals surface area contributed by atoms with Crippen molar-refractivity contribution in [2.75, 3.05) is 0 Å². The molecule has 0 aliphatic carbocycles.